The van der Waals surface area contributed by atoms with Crippen molar-refractivity contribution in [2.45, 2.75) is 19.9 Å². The molecule has 2 aromatic rings. The lowest BCUT2D eigenvalue weighted by Gasteiger charge is -2.28. The zero-order valence-corrected chi connectivity index (χ0v) is 11.7. The molecule has 0 aliphatic carbocycles. The summed E-state index contributed by atoms with van der Waals surface area (Å²) >= 11 is 1.75. The maximum Gasteiger partial charge on any atom is 0.101 e. The van der Waals surface area contributed by atoms with E-state index < -0.39 is 0 Å². The highest BCUT2D eigenvalue weighted by atomic mass is 32.1. The molecule has 0 bridgehead atoms. The van der Waals surface area contributed by atoms with Crippen molar-refractivity contribution in [1.29, 1.82) is 5.26 Å². The van der Waals surface area contributed by atoms with E-state index in [4.69, 9.17) is 0 Å². The van der Waals surface area contributed by atoms with Crippen molar-refractivity contribution in [2.75, 3.05) is 11.9 Å². The number of para-hydroxylation sites is 1. The number of benzene rings is 1. The highest BCUT2D eigenvalue weighted by Crippen LogP contribution is 2.32. The summed E-state index contributed by atoms with van der Waals surface area (Å²) in [5.74, 6) is 0. The number of anilines is 1. The first-order chi connectivity index (χ1) is 8.65. The molecule has 1 unspecified atom stereocenters. The number of aryl methyl sites for hydroxylation is 1. The predicted octanol–water partition coefficient (Wildman–Crippen LogP) is 4.13. The minimum Gasteiger partial charge on any atom is -0.366 e. The molecule has 0 saturated heterocycles. The summed E-state index contributed by atoms with van der Waals surface area (Å²) in [6.07, 6.45) is 0. The second-order valence-corrected chi connectivity index (χ2v) is 5.36. The Kier molecular flexibility index (Phi) is 3.69. The lowest BCUT2D eigenvalue weighted by Crippen LogP contribution is -2.22. The average molecular weight is 256 g/mol. The third-order valence-electron chi connectivity index (χ3n) is 3.25. The zero-order valence-electron chi connectivity index (χ0n) is 10.8. The number of nitrogens with zero attached hydrogens (tertiary/aromatic N) is 2. The van der Waals surface area contributed by atoms with E-state index in [0.29, 0.717) is 0 Å². The standard InChI is InChI=1S/C15H16N2S/c1-11-6-4-7-13(10-16)15(11)17(3)12(2)14-8-5-9-18-14/h4-9,12H,1-3H3. The maximum absolute atomic E-state index is 9.23. The molecule has 1 aromatic carbocycles. The van der Waals surface area contributed by atoms with Crippen molar-refractivity contribution in [2.24, 2.45) is 0 Å². The molecule has 1 atom stereocenters. The van der Waals surface area contributed by atoms with Crippen molar-refractivity contribution in [3.05, 3.63) is 51.7 Å². The molecule has 2 nitrogen and oxygen atoms in total. The summed E-state index contributed by atoms with van der Waals surface area (Å²) in [7, 11) is 2.05. The highest BCUT2D eigenvalue weighted by Gasteiger charge is 2.17. The normalized spacial score (nSPS) is 11.9. The summed E-state index contributed by atoms with van der Waals surface area (Å²) in [4.78, 5) is 3.49. The van der Waals surface area contributed by atoms with Crippen LogP contribution in [0.1, 0.15) is 29.0 Å². The summed E-state index contributed by atoms with van der Waals surface area (Å²) in [6, 6.07) is 12.6. The van der Waals surface area contributed by atoms with E-state index in [0.717, 1.165) is 16.8 Å². The van der Waals surface area contributed by atoms with Gasteiger partial charge in [0.1, 0.15) is 6.07 Å². The minimum atomic E-state index is 0.276. The fraction of sp³-hybridized carbons (Fsp3) is 0.267. The van der Waals surface area contributed by atoms with Crippen LogP contribution in [-0.2, 0) is 0 Å². The van der Waals surface area contributed by atoms with Gasteiger partial charge in [0.25, 0.3) is 0 Å². The van der Waals surface area contributed by atoms with Crippen LogP contribution in [0, 0.1) is 18.3 Å². The van der Waals surface area contributed by atoms with Crippen LogP contribution in [0.3, 0.4) is 0 Å². The van der Waals surface area contributed by atoms with Crippen molar-refractivity contribution >= 4 is 17.0 Å². The van der Waals surface area contributed by atoms with Crippen molar-refractivity contribution < 1.29 is 0 Å². The van der Waals surface area contributed by atoms with Gasteiger partial charge in [-0.05, 0) is 36.9 Å². The first-order valence-corrected chi connectivity index (χ1v) is 6.79. The maximum atomic E-state index is 9.23. The molecule has 0 radical (unpaired) electrons. The molecule has 0 N–H and O–H groups in total. The smallest absolute Gasteiger partial charge is 0.101 e. The summed E-state index contributed by atoms with van der Waals surface area (Å²) in [5.41, 5.74) is 2.90. The number of nitriles is 1. The lowest BCUT2D eigenvalue weighted by atomic mass is 10.1. The van der Waals surface area contributed by atoms with E-state index in [9.17, 15) is 5.26 Å². The topological polar surface area (TPSA) is 27.0 Å². The third kappa shape index (κ3) is 2.25. The fourth-order valence-electron chi connectivity index (χ4n) is 2.13. The summed E-state index contributed by atoms with van der Waals surface area (Å²) in [5, 5.41) is 11.3. The van der Waals surface area contributed by atoms with Crippen LogP contribution in [0.25, 0.3) is 0 Å². The van der Waals surface area contributed by atoms with Gasteiger partial charge in [-0.3, -0.25) is 0 Å². The van der Waals surface area contributed by atoms with Crippen molar-refractivity contribution in [3.8, 4) is 6.07 Å². The van der Waals surface area contributed by atoms with E-state index in [1.165, 1.54) is 4.88 Å². The van der Waals surface area contributed by atoms with Gasteiger partial charge < -0.3 is 4.90 Å². The molecular weight excluding hydrogens is 240 g/mol. The Labute approximate surface area is 112 Å². The van der Waals surface area contributed by atoms with Gasteiger partial charge in [-0.2, -0.15) is 5.26 Å². The second-order valence-electron chi connectivity index (χ2n) is 4.39. The summed E-state index contributed by atoms with van der Waals surface area (Å²) < 4.78 is 0. The SMILES string of the molecule is Cc1cccc(C#N)c1N(C)C(C)c1cccs1. The minimum absolute atomic E-state index is 0.276. The van der Waals surface area contributed by atoms with Gasteiger partial charge >= 0.3 is 0 Å². The van der Waals surface area contributed by atoms with Crippen molar-refractivity contribution in [3.63, 3.8) is 0 Å². The van der Waals surface area contributed by atoms with Crippen LogP contribution in [-0.4, -0.2) is 7.05 Å². The summed E-state index contributed by atoms with van der Waals surface area (Å²) in [6.45, 7) is 4.22. The van der Waals surface area contributed by atoms with Crippen LogP contribution in [0.4, 0.5) is 5.69 Å². The van der Waals surface area contributed by atoms with Gasteiger partial charge in [-0.15, -0.1) is 11.3 Å². The molecule has 0 fully saturated rings. The molecule has 18 heavy (non-hydrogen) atoms. The molecule has 1 aromatic heterocycles. The first kappa shape index (κ1) is 12.7. The Morgan fingerprint density at radius 3 is 2.67 bits per heavy atom. The Morgan fingerprint density at radius 2 is 2.06 bits per heavy atom. The Bertz CT molecular complexity index is 567. The van der Waals surface area contributed by atoms with Gasteiger partial charge in [-0.1, -0.05) is 18.2 Å². The Morgan fingerprint density at radius 1 is 1.28 bits per heavy atom. The quantitative estimate of drug-likeness (QED) is 0.825. The van der Waals surface area contributed by atoms with Gasteiger partial charge in [0.15, 0.2) is 0 Å². The van der Waals surface area contributed by atoms with E-state index in [1.807, 2.05) is 32.2 Å². The van der Waals surface area contributed by atoms with Gasteiger partial charge in [0.2, 0.25) is 0 Å². The molecule has 92 valence electrons. The number of hydrogen-bond acceptors (Lipinski definition) is 3. The molecule has 0 aliphatic rings. The third-order valence-corrected chi connectivity index (χ3v) is 4.29. The monoisotopic (exact) mass is 256 g/mol. The lowest BCUT2D eigenvalue weighted by molar-refractivity contribution is 0.750. The molecule has 0 aliphatic heterocycles. The van der Waals surface area contributed by atoms with Gasteiger partial charge in [-0.25, -0.2) is 0 Å². The molecule has 0 spiro atoms. The molecule has 1 heterocycles. The predicted molar refractivity (Wildman–Crippen MR) is 77.0 cm³/mol. The van der Waals surface area contributed by atoms with E-state index in [2.05, 4.69) is 35.4 Å². The fourth-order valence-corrected chi connectivity index (χ4v) is 2.96. The molecule has 2 rings (SSSR count). The average Bonchev–Trinajstić information content (AvgIpc) is 2.90. The van der Waals surface area contributed by atoms with Crippen LogP contribution >= 0.6 is 11.3 Å². The number of thiophene rings is 1. The van der Waals surface area contributed by atoms with Crippen LogP contribution in [0.2, 0.25) is 0 Å². The van der Waals surface area contributed by atoms with E-state index in [-0.39, 0.29) is 6.04 Å². The highest BCUT2D eigenvalue weighted by molar-refractivity contribution is 7.10. The van der Waals surface area contributed by atoms with Crippen molar-refractivity contribution in [1.82, 2.24) is 0 Å². The van der Waals surface area contributed by atoms with Crippen LogP contribution in [0.15, 0.2) is 35.7 Å². The Hall–Kier alpha value is -1.79. The van der Waals surface area contributed by atoms with Gasteiger partial charge in [0, 0.05) is 11.9 Å². The Balaban J connectivity index is 2.40. The van der Waals surface area contributed by atoms with E-state index >= 15 is 0 Å². The van der Waals surface area contributed by atoms with E-state index in [1.54, 1.807) is 11.3 Å². The molecule has 3 heteroatoms. The molecular formula is C15H16N2S. The number of hydrogen-bond donors (Lipinski definition) is 0. The van der Waals surface area contributed by atoms with Gasteiger partial charge in [0.05, 0.1) is 17.3 Å². The first-order valence-electron chi connectivity index (χ1n) is 5.91. The van der Waals surface area contributed by atoms with Crippen LogP contribution in [0.5, 0.6) is 0 Å². The molecule has 0 saturated carbocycles. The number of rotatable bonds is 3. The largest absolute Gasteiger partial charge is 0.366 e. The van der Waals surface area contributed by atoms with Crippen LogP contribution < -0.4 is 4.90 Å². The second kappa shape index (κ2) is 5.24. The zero-order chi connectivity index (χ0) is 13.1. The molecule has 0 amide bonds.